The number of morpholine rings is 1. The molecule has 6 heteroatoms. The largest absolute Gasteiger partial charge is 0.393 e. The van der Waals surface area contributed by atoms with Gasteiger partial charge in [0.15, 0.2) is 0 Å². The van der Waals surface area contributed by atoms with Crippen molar-refractivity contribution in [3.8, 4) is 0 Å². The van der Waals surface area contributed by atoms with Gasteiger partial charge in [0.05, 0.1) is 24.7 Å². The number of aliphatic hydroxyl groups is 1. The van der Waals surface area contributed by atoms with E-state index in [0.717, 1.165) is 38.5 Å². The third-order valence-electron chi connectivity index (χ3n) is 19.1. The number of fused-ring (bicyclic) bond motifs is 7. The summed E-state index contributed by atoms with van der Waals surface area (Å²) in [7, 11) is 0. The number of carbonyl (C=O) groups excluding carboxylic acids is 2. The first-order valence-electron chi connectivity index (χ1n) is 20.8. The number of nitrogens with one attached hydrogen (secondary N) is 1. The van der Waals surface area contributed by atoms with Gasteiger partial charge in [-0.15, -0.1) is 0 Å². The number of rotatable bonds is 5. The summed E-state index contributed by atoms with van der Waals surface area (Å²) in [5.41, 5.74) is 0.728. The lowest BCUT2D eigenvalue weighted by Crippen LogP contribution is -2.68. The number of hydrogen-bond donors (Lipinski definition) is 2. The Labute approximate surface area is 298 Å². The molecule has 49 heavy (non-hydrogen) atoms. The van der Waals surface area contributed by atoms with E-state index in [1.807, 2.05) is 4.90 Å². The summed E-state index contributed by atoms with van der Waals surface area (Å²) in [4.78, 5) is 30.6. The second kappa shape index (κ2) is 11.2. The van der Waals surface area contributed by atoms with Crippen molar-refractivity contribution >= 4 is 11.8 Å². The van der Waals surface area contributed by atoms with Crippen molar-refractivity contribution in [2.24, 2.45) is 73.4 Å². The van der Waals surface area contributed by atoms with E-state index in [1.165, 1.54) is 51.4 Å². The van der Waals surface area contributed by atoms with Gasteiger partial charge in [0.2, 0.25) is 11.8 Å². The van der Waals surface area contributed by atoms with Gasteiger partial charge in [0.1, 0.15) is 0 Å². The van der Waals surface area contributed by atoms with E-state index in [2.05, 4.69) is 60.7 Å². The normalized spacial score (nSPS) is 50.5. The lowest BCUT2D eigenvalue weighted by molar-refractivity contribution is -0.247. The average molecular weight is 679 g/mol. The number of ether oxygens (including phenoxy) is 1. The minimum absolute atomic E-state index is 0.0245. The molecule has 1 aliphatic heterocycles. The van der Waals surface area contributed by atoms with Crippen LogP contribution in [0.3, 0.4) is 0 Å². The molecule has 0 aromatic carbocycles. The van der Waals surface area contributed by atoms with Crippen LogP contribution in [0.1, 0.15) is 145 Å². The van der Waals surface area contributed by atoms with Gasteiger partial charge in [0, 0.05) is 25.0 Å². The maximum absolute atomic E-state index is 15.0. The van der Waals surface area contributed by atoms with Crippen LogP contribution in [0.2, 0.25) is 0 Å². The van der Waals surface area contributed by atoms with Crippen molar-refractivity contribution in [2.45, 2.75) is 157 Å². The van der Waals surface area contributed by atoms with E-state index in [4.69, 9.17) is 4.74 Å². The van der Waals surface area contributed by atoms with Gasteiger partial charge >= 0.3 is 0 Å². The highest BCUT2D eigenvalue weighted by Gasteiger charge is 2.72. The van der Waals surface area contributed by atoms with Crippen LogP contribution in [0.25, 0.3) is 0 Å². The van der Waals surface area contributed by atoms with E-state index in [0.29, 0.717) is 67.2 Å². The summed E-state index contributed by atoms with van der Waals surface area (Å²) >= 11 is 0. The Morgan fingerprint density at radius 2 is 1.47 bits per heavy atom. The Morgan fingerprint density at radius 1 is 0.755 bits per heavy atom. The Bertz CT molecular complexity index is 1350. The SMILES string of the molecule is CC1(CC2CCC3(C(=O)NC4CC(C(=O)N5CCOCC5)C4(C)C)CCC4(C)C(CCC5C6(C)CCC(O)C(C)(C)C6CCC54C)C23)CC1. The highest BCUT2D eigenvalue weighted by Crippen LogP contribution is 2.78. The molecule has 1 saturated heterocycles. The zero-order chi connectivity index (χ0) is 35.0. The smallest absolute Gasteiger partial charge is 0.226 e. The Morgan fingerprint density at radius 3 is 2.14 bits per heavy atom. The number of hydrogen-bond acceptors (Lipinski definition) is 4. The van der Waals surface area contributed by atoms with E-state index in [9.17, 15) is 9.90 Å². The molecule has 7 saturated carbocycles. The summed E-state index contributed by atoms with van der Waals surface area (Å²) < 4.78 is 5.52. The minimum atomic E-state index is -0.267. The zero-order valence-electron chi connectivity index (χ0n) is 32.5. The third-order valence-corrected chi connectivity index (χ3v) is 19.1. The van der Waals surface area contributed by atoms with E-state index in [1.54, 1.807) is 0 Å². The molecule has 0 aromatic heterocycles. The molecule has 8 aliphatic rings. The number of carbonyl (C=O) groups is 2. The van der Waals surface area contributed by atoms with Gasteiger partial charge in [-0.25, -0.2) is 0 Å². The van der Waals surface area contributed by atoms with Crippen LogP contribution in [-0.2, 0) is 14.3 Å². The van der Waals surface area contributed by atoms with Gasteiger partial charge in [-0.2, -0.15) is 0 Å². The molecule has 0 bridgehead atoms. The van der Waals surface area contributed by atoms with Crippen molar-refractivity contribution in [2.75, 3.05) is 26.3 Å². The molecule has 0 aromatic rings. The molecule has 6 nitrogen and oxygen atoms in total. The lowest BCUT2D eigenvalue weighted by Gasteiger charge is -2.73. The molecule has 0 spiro atoms. The highest BCUT2D eigenvalue weighted by molar-refractivity contribution is 5.86. The van der Waals surface area contributed by atoms with Gasteiger partial charge in [-0.3, -0.25) is 9.59 Å². The third kappa shape index (κ3) is 4.82. The van der Waals surface area contributed by atoms with Crippen LogP contribution >= 0.6 is 0 Å². The van der Waals surface area contributed by atoms with Crippen LogP contribution in [0.5, 0.6) is 0 Å². The highest BCUT2D eigenvalue weighted by atomic mass is 16.5. The first kappa shape index (κ1) is 34.9. The van der Waals surface area contributed by atoms with Crippen LogP contribution in [0, 0.1) is 73.4 Å². The standard InChI is InChI=1S/C43H70N2O4/c1-37(2)29(35(47)45-21-23-49-24-22-45)25-32(37)44-36(48)43-16-11-27(26-39(5)17-18-39)34(43)28-9-10-31-40(6)14-13-33(46)38(3,4)30(40)12-15-42(31,8)41(28,7)19-20-43/h27-34,46H,9-26H2,1-8H3,(H,44,48). The van der Waals surface area contributed by atoms with Crippen molar-refractivity contribution in [3.05, 3.63) is 0 Å². The lowest BCUT2D eigenvalue weighted by atomic mass is 9.32. The molecule has 12 atom stereocenters. The van der Waals surface area contributed by atoms with Gasteiger partial charge in [-0.05, 0) is 152 Å². The van der Waals surface area contributed by atoms with E-state index >= 15 is 4.79 Å². The van der Waals surface area contributed by atoms with Crippen molar-refractivity contribution < 1.29 is 19.4 Å². The first-order chi connectivity index (χ1) is 22.9. The number of aliphatic hydroxyl groups excluding tert-OH is 1. The molecular weight excluding hydrogens is 608 g/mol. The fourth-order valence-corrected chi connectivity index (χ4v) is 15.3. The van der Waals surface area contributed by atoms with Crippen molar-refractivity contribution in [1.29, 1.82) is 0 Å². The summed E-state index contributed by atoms with van der Waals surface area (Å²) in [6, 6.07) is 0.0619. The van der Waals surface area contributed by atoms with E-state index < -0.39 is 0 Å². The topological polar surface area (TPSA) is 78.9 Å². The molecule has 1 heterocycles. The summed E-state index contributed by atoms with van der Waals surface area (Å²) in [5.74, 6) is 3.53. The first-order valence-corrected chi connectivity index (χ1v) is 20.8. The van der Waals surface area contributed by atoms with Gasteiger partial charge < -0.3 is 20.1 Å². The van der Waals surface area contributed by atoms with Gasteiger partial charge in [0.25, 0.3) is 0 Å². The maximum Gasteiger partial charge on any atom is 0.226 e. The summed E-state index contributed by atoms with van der Waals surface area (Å²) in [5, 5.41) is 14.9. The zero-order valence-corrected chi connectivity index (χ0v) is 32.5. The predicted octanol–water partition coefficient (Wildman–Crippen LogP) is 8.01. The summed E-state index contributed by atoms with van der Waals surface area (Å²) in [6.07, 6.45) is 16.2. The summed E-state index contributed by atoms with van der Waals surface area (Å²) in [6.45, 7) is 22.3. The molecule has 0 radical (unpaired) electrons. The molecule has 2 N–H and O–H groups in total. The molecule has 8 fully saturated rings. The Hall–Kier alpha value is -1.14. The molecule has 8 rings (SSSR count). The van der Waals surface area contributed by atoms with Crippen LogP contribution < -0.4 is 5.32 Å². The van der Waals surface area contributed by atoms with Crippen LogP contribution in [-0.4, -0.2) is 60.3 Å². The van der Waals surface area contributed by atoms with Gasteiger partial charge in [-0.1, -0.05) is 55.4 Å². The predicted molar refractivity (Wildman–Crippen MR) is 193 cm³/mol. The molecule has 7 aliphatic carbocycles. The number of nitrogens with zero attached hydrogens (tertiary/aromatic N) is 1. The van der Waals surface area contributed by atoms with Crippen molar-refractivity contribution in [3.63, 3.8) is 0 Å². The minimum Gasteiger partial charge on any atom is -0.393 e. The molecule has 2 amide bonds. The monoisotopic (exact) mass is 679 g/mol. The second-order valence-corrected chi connectivity index (χ2v) is 21.6. The maximum atomic E-state index is 15.0. The number of amides is 2. The van der Waals surface area contributed by atoms with E-state index in [-0.39, 0.29) is 56.5 Å². The van der Waals surface area contributed by atoms with Crippen molar-refractivity contribution in [1.82, 2.24) is 10.2 Å². The molecule has 12 unspecified atom stereocenters. The second-order valence-electron chi connectivity index (χ2n) is 21.6. The molecule has 276 valence electrons. The fourth-order valence-electron chi connectivity index (χ4n) is 15.3. The fraction of sp³-hybridized carbons (Fsp3) is 0.953. The Balaban J connectivity index is 1.07. The quantitative estimate of drug-likeness (QED) is 0.309. The average Bonchev–Trinajstić information content (AvgIpc) is 3.67. The van der Waals surface area contributed by atoms with Crippen LogP contribution in [0.15, 0.2) is 0 Å². The van der Waals surface area contributed by atoms with Crippen LogP contribution in [0.4, 0.5) is 0 Å². The Kier molecular flexibility index (Phi) is 7.97. The molecular formula is C43H70N2O4.